The van der Waals surface area contributed by atoms with Crippen LogP contribution in [-0.2, 0) is 28.5 Å². The molecule has 264 valence electrons. The van der Waals surface area contributed by atoms with Gasteiger partial charge in [-0.1, -0.05) is 0 Å². The standard InChI is InChI=1S/C31H38O17/c1-41-18-10-15(11-19(42-2)27(18)43-3)4-9-22(35)44-13-21-23(36)25(38)26(39)30(45-21)48-31(14-33)28(24(37)20(12-32)47-31)46-29(40)16-5-7-17(34)8-6-16/h4-11,20-21,23-26,28,30,32-34,36-39H,12-14H2,1-3H3/t20-,21+,23+,24-,25-,26+,28+,30+,31+/m0/s1. The van der Waals surface area contributed by atoms with Gasteiger partial charge < -0.3 is 73.6 Å². The fourth-order valence-electron chi connectivity index (χ4n) is 5.12. The molecule has 2 aromatic carbocycles. The first-order valence-electron chi connectivity index (χ1n) is 14.5. The number of benzene rings is 2. The summed E-state index contributed by atoms with van der Waals surface area (Å²) in [5, 5.41) is 72.2. The molecule has 7 N–H and O–H groups in total. The number of esters is 2. The van der Waals surface area contributed by atoms with Crippen molar-refractivity contribution in [1.82, 2.24) is 0 Å². The van der Waals surface area contributed by atoms with E-state index in [1.165, 1.54) is 51.7 Å². The molecule has 17 nitrogen and oxygen atoms in total. The van der Waals surface area contributed by atoms with Crippen molar-refractivity contribution in [3.8, 4) is 23.0 Å². The van der Waals surface area contributed by atoms with E-state index in [1.807, 2.05) is 0 Å². The Morgan fingerprint density at radius 2 is 1.52 bits per heavy atom. The van der Waals surface area contributed by atoms with E-state index in [0.29, 0.717) is 22.8 Å². The first-order valence-corrected chi connectivity index (χ1v) is 14.5. The second-order valence-corrected chi connectivity index (χ2v) is 10.7. The maximum Gasteiger partial charge on any atom is 0.338 e. The van der Waals surface area contributed by atoms with Gasteiger partial charge in [0.2, 0.25) is 11.5 Å². The molecular formula is C31H38O17. The minimum atomic E-state index is -2.46. The molecule has 2 saturated heterocycles. The van der Waals surface area contributed by atoms with Crippen LogP contribution in [0.1, 0.15) is 15.9 Å². The van der Waals surface area contributed by atoms with Gasteiger partial charge >= 0.3 is 11.9 Å². The van der Waals surface area contributed by atoms with E-state index in [0.717, 1.165) is 6.08 Å². The van der Waals surface area contributed by atoms with E-state index in [2.05, 4.69) is 0 Å². The number of hydrogen-bond donors (Lipinski definition) is 7. The number of aromatic hydroxyl groups is 1. The molecule has 0 amide bonds. The van der Waals surface area contributed by atoms with E-state index in [-0.39, 0.29) is 11.3 Å². The Morgan fingerprint density at radius 1 is 0.875 bits per heavy atom. The van der Waals surface area contributed by atoms with Gasteiger partial charge in [-0.3, -0.25) is 0 Å². The van der Waals surface area contributed by atoms with E-state index in [4.69, 9.17) is 37.9 Å². The lowest BCUT2D eigenvalue weighted by atomic mass is 9.98. The number of rotatable bonds is 13. The van der Waals surface area contributed by atoms with Gasteiger partial charge in [0, 0.05) is 6.08 Å². The molecule has 9 atom stereocenters. The van der Waals surface area contributed by atoms with Crippen LogP contribution in [0.15, 0.2) is 42.5 Å². The monoisotopic (exact) mass is 682 g/mol. The largest absolute Gasteiger partial charge is 0.508 e. The molecule has 2 aromatic rings. The van der Waals surface area contributed by atoms with Crippen LogP contribution in [0.3, 0.4) is 0 Å². The van der Waals surface area contributed by atoms with Gasteiger partial charge in [-0.05, 0) is 48.0 Å². The highest BCUT2D eigenvalue weighted by Gasteiger charge is 2.61. The average molecular weight is 683 g/mol. The highest BCUT2D eigenvalue weighted by atomic mass is 16.8. The zero-order valence-corrected chi connectivity index (χ0v) is 26.1. The van der Waals surface area contributed by atoms with Gasteiger partial charge in [0.15, 0.2) is 23.9 Å². The molecule has 48 heavy (non-hydrogen) atoms. The number of hydrogen-bond acceptors (Lipinski definition) is 17. The highest BCUT2D eigenvalue weighted by Crippen LogP contribution is 2.39. The Morgan fingerprint density at radius 3 is 2.08 bits per heavy atom. The Kier molecular flexibility index (Phi) is 12.2. The summed E-state index contributed by atoms with van der Waals surface area (Å²) in [6, 6.07) is 8.02. The number of aliphatic hydroxyl groups is 6. The van der Waals surface area contributed by atoms with Gasteiger partial charge in [-0.25, -0.2) is 9.59 Å². The number of methoxy groups -OCH3 is 3. The van der Waals surface area contributed by atoms with E-state index >= 15 is 0 Å². The molecule has 0 unspecified atom stereocenters. The molecule has 2 heterocycles. The maximum absolute atomic E-state index is 12.8. The predicted octanol–water partition coefficient (Wildman–Crippen LogP) is -1.54. The smallest absolute Gasteiger partial charge is 0.338 e. The van der Waals surface area contributed by atoms with E-state index in [9.17, 15) is 45.3 Å². The first-order chi connectivity index (χ1) is 22.9. The summed E-state index contributed by atoms with van der Waals surface area (Å²) in [5.74, 6) is -3.50. The van der Waals surface area contributed by atoms with Crippen molar-refractivity contribution >= 4 is 18.0 Å². The summed E-state index contributed by atoms with van der Waals surface area (Å²) in [5.41, 5.74) is 0.422. The summed E-state index contributed by atoms with van der Waals surface area (Å²) in [7, 11) is 4.29. The molecule has 2 aliphatic heterocycles. The second-order valence-electron chi connectivity index (χ2n) is 10.7. The van der Waals surface area contributed by atoms with Crippen molar-refractivity contribution in [3.05, 3.63) is 53.6 Å². The number of phenols is 1. The second kappa shape index (κ2) is 15.9. The molecular weight excluding hydrogens is 644 g/mol. The lowest BCUT2D eigenvalue weighted by Gasteiger charge is -2.43. The van der Waals surface area contributed by atoms with Gasteiger partial charge in [0.25, 0.3) is 0 Å². The lowest BCUT2D eigenvalue weighted by Crippen LogP contribution is -2.63. The summed E-state index contributed by atoms with van der Waals surface area (Å²) >= 11 is 0. The molecule has 4 rings (SSSR count). The molecule has 0 aromatic heterocycles. The highest BCUT2D eigenvalue weighted by molar-refractivity contribution is 5.89. The molecule has 0 spiro atoms. The Bertz CT molecular complexity index is 1410. The van der Waals surface area contributed by atoms with Crippen molar-refractivity contribution in [3.63, 3.8) is 0 Å². The minimum Gasteiger partial charge on any atom is -0.508 e. The summed E-state index contributed by atoms with van der Waals surface area (Å²) in [6.07, 6.45) is -11.7. The van der Waals surface area contributed by atoms with Gasteiger partial charge in [-0.15, -0.1) is 0 Å². The zero-order chi connectivity index (χ0) is 35.2. The predicted molar refractivity (Wildman–Crippen MR) is 159 cm³/mol. The Labute approximate surface area is 274 Å². The number of carbonyl (C=O) groups excluding carboxylic acids is 2. The lowest BCUT2D eigenvalue weighted by molar-refractivity contribution is -0.383. The van der Waals surface area contributed by atoms with E-state index in [1.54, 1.807) is 12.1 Å². The van der Waals surface area contributed by atoms with Gasteiger partial charge in [0.1, 0.15) is 55.6 Å². The summed E-state index contributed by atoms with van der Waals surface area (Å²) in [4.78, 5) is 25.4. The van der Waals surface area contributed by atoms with Crippen LogP contribution in [0.5, 0.6) is 23.0 Å². The Balaban J connectivity index is 1.47. The maximum atomic E-state index is 12.8. The average Bonchev–Trinajstić information content (AvgIpc) is 3.36. The fourth-order valence-corrected chi connectivity index (χ4v) is 5.12. The van der Waals surface area contributed by atoms with Crippen LogP contribution >= 0.6 is 0 Å². The Hall–Kier alpha value is -4.04. The van der Waals surface area contributed by atoms with Gasteiger partial charge in [0.05, 0.1) is 33.5 Å². The SMILES string of the molecule is COc1cc(C=CC(=O)OC[C@H]2O[C@H](O[C@@]3(CO)O[C@@H](CO)[C@H](O)[C@H]3OC(=O)c3ccc(O)cc3)[C@H](O)[C@@H](O)[C@@H]2O)cc(OC)c1OC. The molecule has 0 saturated carbocycles. The minimum absolute atomic E-state index is 0.0621. The topological polar surface area (TPSA) is 250 Å². The van der Waals surface area contributed by atoms with Crippen LogP contribution in [0.25, 0.3) is 6.08 Å². The third kappa shape index (κ3) is 7.81. The van der Waals surface area contributed by atoms with Crippen LogP contribution in [0.2, 0.25) is 0 Å². The van der Waals surface area contributed by atoms with Crippen LogP contribution in [0, 0.1) is 0 Å². The third-order valence-electron chi connectivity index (χ3n) is 7.69. The molecule has 0 aliphatic carbocycles. The van der Waals surface area contributed by atoms with Crippen LogP contribution in [-0.4, -0.2) is 144 Å². The van der Waals surface area contributed by atoms with Crippen molar-refractivity contribution in [2.75, 3.05) is 41.2 Å². The first kappa shape index (κ1) is 36.8. The number of carbonyl (C=O) groups is 2. The molecule has 2 fully saturated rings. The molecule has 2 aliphatic rings. The molecule has 0 bridgehead atoms. The fraction of sp³-hybridized carbons (Fsp3) is 0.484. The van der Waals surface area contributed by atoms with Crippen LogP contribution < -0.4 is 14.2 Å². The normalized spacial score (nSPS) is 30.2. The number of aliphatic hydroxyl groups excluding tert-OH is 6. The van der Waals surface area contributed by atoms with Gasteiger partial charge in [-0.2, -0.15) is 0 Å². The molecule has 17 heteroatoms. The van der Waals surface area contributed by atoms with Crippen molar-refractivity contribution < 1.29 is 83.2 Å². The zero-order valence-electron chi connectivity index (χ0n) is 26.1. The summed E-state index contributed by atoms with van der Waals surface area (Å²) in [6.45, 7) is -2.58. The van der Waals surface area contributed by atoms with Crippen LogP contribution in [0.4, 0.5) is 0 Å². The summed E-state index contributed by atoms with van der Waals surface area (Å²) < 4.78 is 43.2. The van der Waals surface area contributed by atoms with Crippen molar-refractivity contribution in [1.29, 1.82) is 0 Å². The number of ether oxygens (including phenoxy) is 8. The quantitative estimate of drug-likeness (QED) is 0.0934. The third-order valence-corrected chi connectivity index (χ3v) is 7.69. The van der Waals surface area contributed by atoms with Crippen molar-refractivity contribution in [2.45, 2.75) is 54.8 Å². The van der Waals surface area contributed by atoms with Crippen molar-refractivity contribution in [2.24, 2.45) is 0 Å². The number of phenolic OH excluding ortho intramolecular Hbond substituents is 1. The van der Waals surface area contributed by atoms with E-state index < -0.39 is 86.6 Å². The molecule has 0 radical (unpaired) electrons.